The summed E-state index contributed by atoms with van der Waals surface area (Å²) in [7, 11) is -2.33. The molecule has 0 radical (unpaired) electrons. The lowest BCUT2D eigenvalue weighted by Gasteiger charge is -2.37. The Balaban J connectivity index is 1.64. The number of aryl methyl sites for hydroxylation is 2. The van der Waals surface area contributed by atoms with E-state index in [1.165, 1.54) is 16.3 Å². The van der Waals surface area contributed by atoms with Gasteiger partial charge in [-0.15, -0.1) is 11.3 Å². The van der Waals surface area contributed by atoms with Crippen LogP contribution in [-0.4, -0.2) is 56.9 Å². The van der Waals surface area contributed by atoms with Crippen molar-refractivity contribution in [1.82, 2.24) is 9.21 Å². The van der Waals surface area contributed by atoms with Crippen LogP contribution < -0.4 is 0 Å². The van der Waals surface area contributed by atoms with Crippen LogP contribution >= 0.6 is 11.3 Å². The third-order valence-electron chi connectivity index (χ3n) is 6.19. The normalized spacial score (nSPS) is 16.0. The molecule has 4 rings (SSSR count). The molecule has 1 aliphatic heterocycles. The Kier molecular flexibility index (Phi) is 7.52. The van der Waals surface area contributed by atoms with Crippen molar-refractivity contribution in [1.29, 1.82) is 0 Å². The minimum absolute atomic E-state index is 0.102. The first-order valence-corrected chi connectivity index (χ1v) is 13.6. The van der Waals surface area contributed by atoms with E-state index in [0.717, 1.165) is 28.7 Å². The van der Waals surface area contributed by atoms with Gasteiger partial charge in [0.2, 0.25) is 15.9 Å². The Bertz CT molecular complexity index is 1230. The number of nitrogens with zero attached hydrogens (tertiary/aromatic N) is 2. The van der Waals surface area contributed by atoms with Gasteiger partial charge >= 0.3 is 0 Å². The molecular weight excluding hydrogens is 468 g/mol. The first-order chi connectivity index (χ1) is 16.3. The zero-order valence-corrected chi connectivity index (χ0v) is 21.4. The maximum absolute atomic E-state index is 13.7. The lowest BCUT2D eigenvalue weighted by Crippen LogP contribution is -2.47. The SMILES string of the molecule is COCCN(CC(=O)N1CCc2sccc2C1c1ccc(C)cc1)S(=O)(=O)c1ccc(C)cc1. The fourth-order valence-corrected chi connectivity index (χ4v) is 6.55. The van der Waals surface area contributed by atoms with E-state index in [-0.39, 0.29) is 36.5 Å². The standard InChI is InChI=1S/C26H30N2O4S2/c1-19-4-8-21(9-5-19)26-23-13-17-33-24(23)12-14-28(26)25(29)18-27(15-16-32-3)34(30,31)22-10-6-20(2)7-11-22/h4-11,13,17,26H,12,14-16,18H2,1-3H3. The van der Waals surface area contributed by atoms with Crippen LogP contribution in [0.25, 0.3) is 0 Å². The van der Waals surface area contributed by atoms with Crippen LogP contribution in [0.3, 0.4) is 0 Å². The average molecular weight is 499 g/mol. The largest absolute Gasteiger partial charge is 0.383 e. The van der Waals surface area contributed by atoms with Crippen molar-refractivity contribution < 1.29 is 17.9 Å². The van der Waals surface area contributed by atoms with Gasteiger partial charge in [0.15, 0.2) is 0 Å². The Morgan fingerprint density at radius 2 is 1.71 bits per heavy atom. The quantitative estimate of drug-likeness (QED) is 0.467. The van der Waals surface area contributed by atoms with E-state index in [0.29, 0.717) is 6.54 Å². The van der Waals surface area contributed by atoms with Gasteiger partial charge in [0, 0.05) is 25.1 Å². The molecule has 0 fully saturated rings. The zero-order chi connectivity index (χ0) is 24.3. The predicted molar refractivity (Wildman–Crippen MR) is 135 cm³/mol. The third-order valence-corrected chi connectivity index (χ3v) is 9.05. The van der Waals surface area contributed by atoms with Gasteiger partial charge in [-0.1, -0.05) is 47.5 Å². The molecule has 0 bridgehead atoms. The molecule has 0 aliphatic carbocycles. The zero-order valence-electron chi connectivity index (χ0n) is 19.7. The second-order valence-electron chi connectivity index (χ2n) is 8.59. The molecule has 0 N–H and O–H groups in total. The summed E-state index contributed by atoms with van der Waals surface area (Å²) in [4.78, 5) is 16.9. The van der Waals surface area contributed by atoms with Gasteiger partial charge in [0.25, 0.3) is 0 Å². The number of ether oxygens (including phenoxy) is 1. The van der Waals surface area contributed by atoms with Crippen LogP contribution in [0.15, 0.2) is 64.9 Å². The van der Waals surface area contributed by atoms with Crippen LogP contribution in [0.4, 0.5) is 0 Å². The first kappa shape index (κ1) is 24.6. The molecule has 1 unspecified atom stereocenters. The van der Waals surface area contributed by atoms with Gasteiger partial charge in [-0.05, 0) is 55.0 Å². The molecule has 1 aromatic heterocycles. The number of rotatable bonds is 8. The number of fused-ring (bicyclic) bond motifs is 1. The maximum Gasteiger partial charge on any atom is 0.243 e. The third kappa shape index (κ3) is 5.10. The predicted octanol–water partition coefficient (Wildman–Crippen LogP) is 4.18. The van der Waals surface area contributed by atoms with Crippen LogP contribution in [0.2, 0.25) is 0 Å². The number of carbonyl (C=O) groups excluding carboxylic acids is 1. The van der Waals surface area contributed by atoms with Crippen molar-refractivity contribution in [2.75, 3.05) is 33.4 Å². The van der Waals surface area contributed by atoms with Crippen molar-refractivity contribution >= 4 is 27.3 Å². The molecule has 1 amide bonds. The molecule has 2 aromatic carbocycles. The molecule has 1 atom stereocenters. The Morgan fingerprint density at radius 3 is 2.35 bits per heavy atom. The van der Waals surface area contributed by atoms with E-state index < -0.39 is 10.0 Å². The molecular formula is C26H30N2O4S2. The molecule has 0 saturated carbocycles. The van der Waals surface area contributed by atoms with Crippen LogP contribution in [-0.2, 0) is 26.0 Å². The van der Waals surface area contributed by atoms with Crippen molar-refractivity contribution in [3.8, 4) is 0 Å². The topological polar surface area (TPSA) is 66.9 Å². The molecule has 0 saturated heterocycles. The van der Waals surface area contributed by atoms with Gasteiger partial charge in [0.05, 0.1) is 24.1 Å². The highest BCUT2D eigenvalue weighted by Crippen LogP contribution is 2.38. The van der Waals surface area contributed by atoms with Gasteiger partial charge in [-0.2, -0.15) is 4.31 Å². The van der Waals surface area contributed by atoms with Crippen molar-refractivity contribution in [2.45, 2.75) is 31.2 Å². The van der Waals surface area contributed by atoms with Gasteiger partial charge in [-0.3, -0.25) is 4.79 Å². The molecule has 1 aliphatic rings. The summed E-state index contributed by atoms with van der Waals surface area (Å²) in [6.07, 6.45) is 0.768. The Morgan fingerprint density at radius 1 is 1.06 bits per heavy atom. The summed E-state index contributed by atoms with van der Waals surface area (Å²) in [6, 6.07) is 16.8. The number of thiophene rings is 1. The second-order valence-corrected chi connectivity index (χ2v) is 11.5. The second kappa shape index (κ2) is 10.4. The number of carbonyl (C=O) groups is 1. The monoisotopic (exact) mass is 498 g/mol. The molecule has 3 aromatic rings. The Hall–Kier alpha value is -2.52. The lowest BCUT2D eigenvalue weighted by molar-refractivity contribution is -0.133. The smallest absolute Gasteiger partial charge is 0.243 e. The van der Waals surface area contributed by atoms with Crippen molar-refractivity contribution in [2.24, 2.45) is 0 Å². The van der Waals surface area contributed by atoms with Gasteiger partial charge in [0.1, 0.15) is 0 Å². The van der Waals surface area contributed by atoms with E-state index in [2.05, 4.69) is 23.6 Å². The van der Waals surface area contributed by atoms with E-state index >= 15 is 0 Å². The Labute approximate surface area is 205 Å². The number of amides is 1. The van der Waals surface area contributed by atoms with Crippen molar-refractivity contribution in [3.63, 3.8) is 0 Å². The average Bonchev–Trinajstić information content (AvgIpc) is 3.31. The lowest BCUT2D eigenvalue weighted by atomic mass is 9.92. The van der Waals surface area contributed by atoms with E-state index in [1.807, 2.05) is 30.9 Å². The van der Waals surface area contributed by atoms with Crippen molar-refractivity contribution in [3.05, 3.63) is 87.1 Å². The minimum Gasteiger partial charge on any atom is -0.383 e. The highest BCUT2D eigenvalue weighted by molar-refractivity contribution is 7.89. The highest BCUT2D eigenvalue weighted by atomic mass is 32.2. The summed E-state index contributed by atoms with van der Waals surface area (Å²) in [5.74, 6) is -0.214. The molecule has 0 spiro atoms. The van der Waals surface area contributed by atoms with Gasteiger partial charge < -0.3 is 9.64 Å². The minimum atomic E-state index is -3.85. The first-order valence-electron chi connectivity index (χ1n) is 11.3. The fraction of sp³-hybridized carbons (Fsp3) is 0.346. The highest BCUT2D eigenvalue weighted by Gasteiger charge is 2.35. The van der Waals surface area contributed by atoms with Crippen LogP contribution in [0.1, 0.15) is 33.2 Å². The van der Waals surface area contributed by atoms with E-state index in [9.17, 15) is 13.2 Å². The molecule has 2 heterocycles. The molecule has 180 valence electrons. The number of sulfonamides is 1. The van der Waals surface area contributed by atoms with Crippen LogP contribution in [0.5, 0.6) is 0 Å². The maximum atomic E-state index is 13.7. The van der Waals surface area contributed by atoms with Crippen LogP contribution in [0, 0.1) is 13.8 Å². The summed E-state index contributed by atoms with van der Waals surface area (Å²) in [5.41, 5.74) is 4.28. The molecule has 34 heavy (non-hydrogen) atoms. The fourth-order valence-electron chi connectivity index (χ4n) is 4.27. The summed E-state index contributed by atoms with van der Waals surface area (Å²) in [6.45, 7) is 4.56. The number of methoxy groups -OCH3 is 1. The number of benzene rings is 2. The summed E-state index contributed by atoms with van der Waals surface area (Å²) in [5, 5.41) is 2.06. The molecule has 8 heteroatoms. The van der Waals surface area contributed by atoms with Gasteiger partial charge in [-0.25, -0.2) is 8.42 Å². The van der Waals surface area contributed by atoms with E-state index in [1.54, 1.807) is 35.6 Å². The van der Waals surface area contributed by atoms with E-state index in [4.69, 9.17) is 4.74 Å². The summed E-state index contributed by atoms with van der Waals surface area (Å²) >= 11 is 1.71. The molecule has 6 nitrogen and oxygen atoms in total. The number of hydrogen-bond acceptors (Lipinski definition) is 5. The summed E-state index contributed by atoms with van der Waals surface area (Å²) < 4.78 is 33.2. The number of hydrogen-bond donors (Lipinski definition) is 0.